The zero-order valence-corrected chi connectivity index (χ0v) is 21.9. The van der Waals surface area contributed by atoms with Gasteiger partial charge in [0.1, 0.15) is 5.57 Å². The van der Waals surface area contributed by atoms with Gasteiger partial charge in [0, 0.05) is 46.5 Å². The third-order valence-corrected chi connectivity index (χ3v) is 7.47. The minimum absolute atomic E-state index is 0.0784. The van der Waals surface area contributed by atoms with Gasteiger partial charge in [0.2, 0.25) is 0 Å². The average Bonchev–Trinajstić information content (AvgIpc) is 3.31. The van der Waals surface area contributed by atoms with Crippen LogP contribution in [0.15, 0.2) is 89.4 Å². The number of imide groups is 2. The summed E-state index contributed by atoms with van der Waals surface area (Å²) in [6.45, 7) is 1.63. The number of hydrogen-bond donors (Lipinski definition) is 2. The van der Waals surface area contributed by atoms with Crippen molar-refractivity contribution in [1.82, 2.24) is 19.8 Å². The number of unbranched alkanes of at least 4 members (excludes halogenated alkanes) is 3. The number of carbonyl (C=O) groups excluding carboxylic acids is 3. The van der Waals surface area contributed by atoms with E-state index in [1.807, 2.05) is 79.0 Å². The van der Waals surface area contributed by atoms with E-state index in [2.05, 4.69) is 19.8 Å². The topological polar surface area (TPSA) is 102 Å². The molecule has 0 bridgehead atoms. The fourth-order valence-corrected chi connectivity index (χ4v) is 5.56. The summed E-state index contributed by atoms with van der Waals surface area (Å²) in [6, 6.07) is 22.7. The molecule has 1 aliphatic rings. The molecule has 0 radical (unpaired) electrons. The summed E-state index contributed by atoms with van der Waals surface area (Å²) in [6.07, 6.45) is 7.52. The number of pyridine rings is 1. The second-order valence-electron chi connectivity index (χ2n) is 10.0. The number of aromatic nitrogens is 2. The fraction of sp³-hybridized carbons (Fsp3) is 0.188. The van der Waals surface area contributed by atoms with Crippen molar-refractivity contribution in [2.24, 2.45) is 0 Å². The number of nitrogens with one attached hydrogen (secondary N) is 2. The first-order chi connectivity index (χ1) is 19.5. The Morgan fingerprint density at radius 1 is 0.600 bits per heavy atom. The van der Waals surface area contributed by atoms with Crippen LogP contribution in [0.1, 0.15) is 31.2 Å². The molecular weight excluding hydrogens is 504 g/mol. The Bertz CT molecular complexity index is 1810. The lowest BCUT2D eigenvalue weighted by Crippen LogP contribution is -2.51. The highest BCUT2D eigenvalue weighted by Gasteiger charge is 2.28. The fourth-order valence-electron chi connectivity index (χ4n) is 5.56. The van der Waals surface area contributed by atoms with E-state index in [0.29, 0.717) is 0 Å². The van der Waals surface area contributed by atoms with Gasteiger partial charge < -0.3 is 9.13 Å². The lowest BCUT2D eigenvalue weighted by Gasteiger charge is -2.15. The number of nitrogens with zero attached hydrogens (tertiary/aromatic N) is 2. The van der Waals surface area contributed by atoms with E-state index >= 15 is 0 Å². The first kappa shape index (κ1) is 25.3. The van der Waals surface area contributed by atoms with E-state index in [9.17, 15) is 19.2 Å². The van der Waals surface area contributed by atoms with Crippen LogP contribution >= 0.6 is 0 Å². The zero-order valence-electron chi connectivity index (χ0n) is 21.9. The number of para-hydroxylation sites is 3. The van der Waals surface area contributed by atoms with Crippen LogP contribution in [-0.2, 0) is 22.7 Å². The molecule has 4 amide bonds. The number of rotatable bonds is 8. The molecule has 0 saturated carbocycles. The Morgan fingerprint density at radius 3 is 1.75 bits per heavy atom. The van der Waals surface area contributed by atoms with Crippen LogP contribution in [0.25, 0.3) is 38.8 Å². The van der Waals surface area contributed by atoms with Gasteiger partial charge in [0.25, 0.3) is 11.8 Å². The molecule has 8 nitrogen and oxygen atoms in total. The van der Waals surface area contributed by atoms with Gasteiger partial charge in [-0.15, -0.1) is 0 Å². The summed E-state index contributed by atoms with van der Waals surface area (Å²) in [5, 5.41) is 6.68. The van der Waals surface area contributed by atoms with Crippen LogP contribution in [0.4, 0.5) is 4.79 Å². The minimum atomic E-state index is -0.809. The maximum atomic E-state index is 13.0. The summed E-state index contributed by atoms with van der Waals surface area (Å²) in [5.41, 5.74) is 3.70. The molecule has 0 atom stereocenters. The van der Waals surface area contributed by atoms with Gasteiger partial charge >= 0.3 is 6.03 Å². The van der Waals surface area contributed by atoms with Gasteiger partial charge in [-0.05, 0) is 49.2 Å². The molecule has 1 aliphatic heterocycles. The summed E-state index contributed by atoms with van der Waals surface area (Å²) in [4.78, 5) is 48.8. The Balaban J connectivity index is 1.14. The van der Waals surface area contributed by atoms with Gasteiger partial charge in [0.05, 0.1) is 11.0 Å². The number of benzene rings is 3. The lowest BCUT2D eigenvalue weighted by molar-refractivity contribution is -0.123. The molecule has 5 aromatic rings. The summed E-state index contributed by atoms with van der Waals surface area (Å²) in [7, 11) is 0. The van der Waals surface area contributed by atoms with Gasteiger partial charge in [0.15, 0.2) is 5.43 Å². The Morgan fingerprint density at radius 2 is 1.12 bits per heavy atom. The first-order valence-corrected chi connectivity index (χ1v) is 13.5. The molecule has 200 valence electrons. The van der Waals surface area contributed by atoms with Crippen LogP contribution < -0.4 is 16.1 Å². The van der Waals surface area contributed by atoms with Crippen molar-refractivity contribution in [3.05, 3.63) is 100 Å². The van der Waals surface area contributed by atoms with E-state index in [1.54, 1.807) is 0 Å². The number of aryl methyl sites for hydroxylation is 2. The second-order valence-corrected chi connectivity index (χ2v) is 10.0. The smallest absolute Gasteiger partial charge is 0.328 e. The molecule has 40 heavy (non-hydrogen) atoms. The third-order valence-electron chi connectivity index (χ3n) is 7.47. The number of hydrogen-bond acceptors (Lipinski definition) is 4. The highest BCUT2D eigenvalue weighted by atomic mass is 16.2. The SMILES string of the molecule is O=C1NC(=O)C(=Cc2cn(CCCCCCn3c4ccccc4c(=O)c4ccccc43)c3ccccc23)C(=O)N1. The average molecular weight is 533 g/mol. The van der Waals surface area contributed by atoms with E-state index in [-0.39, 0.29) is 11.0 Å². The Labute approximate surface area is 229 Å². The number of barbiturate groups is 1. The standard InChI is InChI=1S/C32H28N4O4/c37-29-23-12-4-7-15-27(23)36(28-16-8-5-13-24(28)29)18-10-2-1-9-17-35-20-21(22-11-3-6-14-26(22)35)19-25-30(38)33-32(40)34-31(25)39/h3-8,11-16,19-20H,1-2,9-10,17-18H2,(H2,33,34,38,39,40). The molecule has 2 aromatic heterocycles. The number of fused-ring (bicyclic) bond motifs is 3. The molecule has 8 heteroatoms. The molecule has 3 heterocycles. The summed E-state index contributed by atoms with van der Waals surface area (Å²) < 4.78 is 4.41. The van der Waals surface area contributed by atoms with Crippen LogP contribution in [0.5, 0.6) is 0 Å². The minimum Gasteiger partial charge on any atom is -0.347 e. The van der Waals surface area contributed by atoms with E-state index < -0.39 is 17.8 Å². The summed E-state index contributed by atoms with van der Waals surface area (Å²) in [5.74, 6) is -1.40. The monoisotopic (exact) mass is 532 g/mol. The molecule has 6 rings (SSSR count). The van der Waals surface area contributed by atoms with Crippen LogP contribution in [0.2, 0.25) is 0 Å². The maximum Gasteiger partial charge on any atom is 0.328 e. The normalized spacial score (nSPS) is 13.7. The van der Waals surface area contributed by atoms with Gasteiger partial charge in [-0.25, -0.2) is 4.79 Å². The van der Waals surface area contributed by atoms with Crippen molar-refractivity contribution in [2.75, 3.05) is 0 Å². The van der Waals surface area contributed by atoms with Crippen molar-refractivity contribution in [1.29, 1.82) is 0 Å². The van der Waals surface area contributed by atoms with Crippen LogP contribution in [0.3, 0.4) is 0 Å². The van der Waals surface area contributed by atoms with Crippen molar-refractivity contribution >= 4 is 56.6 Å². The van der Waals surface area contributed by atoms with Crippen molar-refractivity contribution in [3.8, 4) is 0 Å². The molecule has 1 saturated heterocycles. The maximum absolute atomic E-state index is 13.0. The summed E-state index contributed by atoms with van der Waals surface area (Å²) >= 11 is 0. The molecule has 2 N–H and O–H groups in total. The predicted molar refractivity (Wildman–Crippen MR) is 156 cm³/mol. The van der Waals surface area contributed by atoms with Gasteiger partial charge in [-0.1, -0.05) is 55.3 Å². The van der Waals surface area contributed by atoms with Gasteiger partial charge in [-0.2, -0.15) is 0 Å². The quantitative estimate of drug-likeness (QED) is 0.125. The first-order valence-electron chi connectivity index (χ1n) is 13.5. The Kier molecular flexibility index (Phi) is 6.74. The molecule has 0 unspecified atom stereocenters. The predicted octanol–water partition coefficient (Wildman–Crippen LogP) is 5.12. The van der Waals surface area contributed by atoms with Crippen LogP contribution in [0, 0.1) is 0 Å². The van der Waals surface area contributed by atoms with Crippen molar-refractivity contribution in [3.63, 3.8) is 0 Å². The van der Waals surface area contributed by atoms with E-state index in [0.717, 1.165) is 77.0 Å². The van der Waals surface area contributed by atoms with E-state index in [4.69, 9.17) is 0 Å². The van der Waals surface area contributed by atoms with Crippen LogP contribution in [-0.4, -0.2) is 27.0 Å². The van der Waals surface area contributed by atoms with Crippen molar-refractivity contribution in [2.45, 2.75) is 38.8 Å². The highest BCUT2D eigenvalue weighted by Crippen LogP contribution is 2.25. The Hall–Kier alpha value is -4.98. The number of amides is 4. The lowest BCUT2D eigenvalue weighted by atomic mass is 10.1. The van der Waals surface area contributed by atoms with Crippen molar-refractivity contribution < 1.29 is 14.4 Å². The molecule has 0 spiro atoms. The van der Waals surface area contributed by atoms with Gasteiger partial charge in [-0.3, -0.25) is 25.0 Å². The second kappa shape index (κ2) is 10.6. The number of carbonyl (C=O) groups is 3. The molecular formula is C32H28N4O4. The van der Waals surface area contributed by atoms with E-state index in [1.165, 1.54) is 6.08 Å². The highest BCUT2D eigenvalue weighted by molar-refractivity contribution is 6.31. The molecule has 1 fully saturated rings. The largest absolute Gasteiger partial charge is 0.347 e. The zero-order chi connectivity index (χ0) is 27.6. The third kappa shape index (κ3) is 4.68. The molecule has 3 aromatic carbocycles. The molecule has 0 aliphatic carbocycles. The number of urea groups is 1.